The highest BCUT2D eigenvalue weighted by atomic mass is 28.1. The summed E-state index contributed by atoms with van der Waals surface area (Å²) in [4.78, 5) is 0. The summed E-state index contributed by atoms with van der Waals surface area (Å²) in [5, 5.41) is 0. The van der Waals surface area contributed by atoms with E-state index in [-0.39, 0.29) is 11.0 Å². The second-order valence-corrected chi connectivity index (χ2v) is 0. The molecule has 0 amide bonds. The van der Waals surface area contributed by atoms with Gasteiger partial charge in [-0.3, -0.25) is 0 Å². The van der Waals surface area contributed by atoms with Crippen molar-refractivity contribution in [2.45, 2.75) is 0 Å². The lowest BCUT2D eigenvalue weighted by Gasteiger charge is -0.701. The molecule has 0 aromatic carbocycles. The van der Waals surface area contributed by atoms with E-state index in [9.17, 15) is 0 Å². The summed E-state index contributed by atoms with van der Waals surface area (Å²) < 4.78 is 0. The van der Waals surface area contributed by atoms with Gasteiger partial charge in [-0.25, -0.2) is 0 Å². The maximum Gasteiger partial charge on any atom is -0.0149 e. The molecule has 0 N–H and O–H groups in total. The Hall–Kier alpha value is -0.663. The Labute approximate surface area is 37.6 Å². The molecule has 0 rings (SSSR count). The molecule has 1 heteroatoms. The van der Waals surface area contributed by atoms with Crippen LogP contribution in [0.2, 0.25) is 0 Å². The van der Waals surface area contributed by atoms with Gasteiger partial charge in [0.2, 0.25) is 0 Å². The number of hydrogen-bond donors (Lipinski definition) is 0. The minimum Gasteiger partial charge on any atom is -0.124 e. The lowest BCUT2D eigenvalue weighted by molar-refractivity contribution is 3.31. The third-order valence-corrected chi connectivity index (χ3v) is 0. The van der Waals surface area contributed by atoms with E-state index in [0.29, 0.717) is 0 Å². The fraction of sp³-hybridized carbons (Fsp3) is 0. The molecule has 0 radical (unpaired) electrons. The van der Waals surface area contributed by atoms with E-state index >= 15 is 0 Å². The largest absolute Gasteiger partial charge is 0.124 e. The highest BCUT2D eigenvalue weighted by Gasteiger charge is 0.456. The molecule has 0 aromatic heterocycles. The maximum atomic E-state index is 4.00. The molecule has 0 unspecified atom stereocenters. The van der Waals surface area contributed by atoms with Crippen LogP contribution < -0.4 is 0 Å². The molecule has 0 aliphatic carbocycles. The van der Waals surface area contributed by atoms with Gasteiger partial charge in [0.1, 0.15) is 0 Å². The van der Waals surface area contributed by atoms with Gasteiger partial charge in [0, 0.05) is 0 Å². The second kappa shape index (κ2) is 41.4. The van der Waals surface area contributed by atoms with Crippen molar-refractivity contribution in [3.8, 4) is 25.7 Å². The highest BCUT2D eigenvalue weighted by Crippen LogP contribution is 0.581. The van der Waals surface area contributed by atoms with Crippen LogP contribution in [0.5, 0.6) is 0 Å². The molecule has 0 heterocycles. The molecule has 0 aliphatic rings. The summed E-state index contributed by atoms with van der Waals surface area (Å²) in [6.45, 7) is 0. The maximum absolute atomic E-state index is 4.00. The van der Waals surface area contributed by atoms with Gasteiger partial charge in [-0.05, 0) is 11.0 Å². The van der Waals surface area contributed by atoms with Gasteiger partial charge in [0.25, 0.3) is 0 Å². The Morgan fingerprint density at radius 2 is 0.600 bits per heavy atom. The highest BCUT2D eigenvalue weighted by molar-refractivity contribution is 5.75. The van der Waals surface area contributed by atoms with Gasteiger partial charge >= 0.3 is 0 Å². The van der Waals surface area contributed by atoms with Crippen molar-refractivity contribution >= 4 is 11.0 Å². The number of terminal acetylenes is 2. The first-order chi connectivity index (χ1) is 2.00. The normalized spacial score (nSPS) is 0.800. The van der Waals surface area contributed by atoms with Crippen molar-refractivity contribution in [2.75, 3.05) is 0 Å². The average Bonchev–Trinajstić information content (AvgIpc) is 1.50. The molecule has 0 fully saturated rings. The summed E-state index contributed by atoms with van der Waals surface area (Å²) in [5.41, 5.74) is 0. The van der Waals surface area contributed by atoms with Crippen molar-refractivity contribution in [3.05, 3.63) is 0 Å². The molecule has 28 valence electrons. The van der Waals surface area contributed by atoms with Crippen molar-refractivity contribution in [1.82, 2.24) is 0 Å². The first-order valence-electron chi connectivity index (χ1n) is 0.667. The lowest BCUT2D eigenvalue weighted by Crippen LogP contribution is -0.576. The van der Waals surface area contributed by atoms with Crippen molar-refractivity contribution in [3.63, 3.8) is 0 Å². The molecule has 0 bridgehead atoms. The molecular formula is C4H8Si. The Morgan fingerprint density at radius 3 is 0.600 bits per heavy atom. The molecule has 5 heavy (non-hydrogen) atoms. The second-order valence-electron chi connectivity index (χ2n) is 0. The van der Waals surface area contributed by atoms with E-state index in [2.05, 4.69) is 25.7 Å². The van der Waals surface area contributed by atoms with E-state index in [1.54, 1.807) is 0 Å². The summed E-state index contributed by atoms with van der Waals surface area (Å²) >= 11 is 0. The molecule has 0 saturated heterocycles. The zero-order chi connectivity index (χ0) is 4.00. The fourth-order valence-corrected chi connectivity index (χ4v) is 0. The summed E-state index contributed by atoms with van der Waals surface area (Å²) in [5.74, 6) is 0. The molecular weight excluding hydrogens is 76.1 g/mol. The molecule has 0 saturated carbocycles. The minimum absolute atomic E-state index is 0. The van der Waals surface area contributed by atoms with Gasteiger partial charge in [-0.2, -0.15) is 0 Å². The molecule has 0 atom stereocenters. The Bertz CT molecular complexity index is 19.1. The zero-order valence-electron chi connectivity index (χ0n) is 2.31. The van der Waals surface area contributed by atoms with Gasteiger partial charge in [0.05, 0.1) is 0 Å². The predicted molar refractivity (Wildman–Crippen MR) is 31.1 cm³/mol. The predicted octanol–water partition coefficient (Wildman–Crippen LogP) is -0.953. The summed E-state index contributed by atoms with van der Waals surface area (Å²) in [7, 11) is 0. The molecule has 0 aromatic rings. The zero-order valence-corrected chi connectivity index (χ0v) is 2.31. The topological polar surface area (TPSA) is 0 Å². The first kappa shape index (κ1) is 27.0. The summed E-state index contributed by atoms with van der Waals surface area (Å²) in [6, 6.07) is 0. The summed E-state index contributed by atoms with van der Waals surface area (Å²) in [6.07, 6.45) is 16.0. The van der Waals surface area contributed by atoms with Crippen LogP contribution in [-0.2, 0) is 0 Å². The van der Waals surface area contributed by atoms with Crippen LogP contribution in [0, 0.1) is 25.7 Å². The number of rotatable bonds is 0. The van der Waals surface area contributed by atoms with Crippen molar-refractivity contribution in [2.24, 2.45) is 0 Å². The van der Waals surface area contributed by atoms with Crippen LogP contribution in [0.15, 0.2) is 0 Å². The van der Waals surface area contributed by atoms with Crippen LogP contribution in [0.3, 0.4) is 0 Å². The van der Waals surface area contributed by atoms with Crippen molar-refractivity contribution in [1.29, 1.82) is 0 Å². The molecule has 0 spiro atoms. The lowest BCUT2D eigenvalue weighted by atomic mass is 11.4. The minimum atomic E-state index is 0. The first-order valence-corrected chi connectivity index (χ1v) is 0.667. The van der Waals surface area contributed by atoms with E-state index in [0.717, 1.165) is 0 Å². The fourth-order valence-electron chi connectivity index (χ4n) is 0. The van der Waals surface area contributed by atoms with Gasteiger partial charge in [-0.1, -0.05) is 0 Å². The van der Waals surface area contributed by atoms with Crippen molar-refractivity contribution < 1.29 is 0 Å². The Kier molecular flexibility index (Phi) is 224. The molecule has 0 aliphatic heterocycles. The third-order valence-electron chi connectivity index (χ3n) is 0. The Balaban J connectivity index is -0.0000000133. The smallest absolute Gasteiger partial charge is 0.0149 e. The van der Waals surface area contributed by atoms with E-state index < -0.39 is 0 Å². The van der Waals surface area contributed by atoms with Gasteiger partial charge < -0.3 is 0 Å². The standard InChI is InChI=1S/2C2H2.H4Si/c2*1-2;/h2*1-2H;1H4. The van der Waals surface area contributed by atoms with E-state index in [4.69, 9.17) is 0 Å². The Morgan fingerprint density at radius 1 is 0.600 bits per heavy atom. The van der Waals surface area contributed by atoms with Crippen LogP contribution >= 0.6 is 0 Å². The monoisotopic (exact) mass is 84.0 g/mol. The van der Waals surface area contributed by atoms with Crippen LogP contribution in [0.25, 0.3) is 0 Å². The van der Waals surface area contributed by atoms with Crippen LogP contribution in [0.1, 0.15) is 0 Å². The number of hydrogen-bond acceptors (Lipinski definition) is 0. The SMILES string of the molecule is C#C.C#C.[SiH4]. The van der Waals surface area contributed by atoms with E-state index in [1.165, 1.54) is 0 Å². The third kappa shape index (κ3) is 13.6. The average molecular weight is 84.2 g/mol. The van der Waals surface area contributed by atoms with Gasteiger partial charge in [-0.15, -0.1) is 25.7 Å². The van der Waals surface area contributed by atoms with E-state index in [1.807, 2.05) is 0 Å². The van der Waals surface area contributed by atoms with Gasteiger partial charge in [0.15, 0.2) is 0 Å². The van der Waals surface area contributed by atoms with Crippen LogP contribution in [-0.4, -0.2) is 11.0 Å². The van der Waals surface area contributed by atoms with Crippen LogP contribution in [0.4, 0.5) is 0 Å². The quantitative estimate of drug-likeness (QED) is 0.262. The molecule has 0 nitrogen and oxygen atoms in total.